The zero-order chi connectivity index (χ0) is 21.3. The lowest BCUT2D eigenvalue weighted by molar-refractivity contribution is -0.124. The van der Waals surface area contributed by atoms with Gasteiger partial charge in [0.1, 0.15) is 11.6 Å². The number of nitrogens with zero attached hydrogens (tertiary/aromatic N) is 3. The molecule has 0 radical (unpaired) electrons. The van der Waals surface area contributed by atoms with Crippen LogP contribution in [0.2, 0.25) is 0 Å². The number of aryl methyl sites for hydroxylation is 1. The molecule has 0 saturated carbocycles. The van der Waals surface area contributed by atoms with E-state index in [0.717, 1.165) is 16.3 Å². The number of para-hydroxylation sites is 1. The Kier molecular flexibility index (Phi) is 5.40. The van der Waals surface area contributed by atoms with Gasteiger partial charge in [-0.15, -0.1) is 0 Å². The molecule has 0 saturated heterocycles. The molecule has 6 nitrogen and oxygen atoms in total. The third-order valence-corrected chi connectivity index (χ3v) is 5.76. The highest BCUT2D eigenvalue weighted by atomic mass is 16.2. The Morgan fingerprint density at radius 2 is 1.77 bits per heavy atom. The van der Waals surface area contributed by atoms with Crippen molar-refractivity contribution in [1.82, 2.24) is 19.7 Å². The molecule has 0 aliphatic heterocycles. The molecule has 1 N–H and O–H groups in total. The van der Waals surface area contributed by atoms with Gasteiger partial charge < -0.3 is 9.88 Å². The largest absolute Gasteiger partial charge is 0.354 e. The molecule has 2 heterocycles. The number of carbonyl (C=O) groups is 1. The molecule has 2 atom stereocenters. The predicted octanol–water partition coefficient (Wildman–Crippen LogP) is 3.76. The maximum Gasteiger partial charge on any atom is 0.291 e. The predicted molar refractivity (Wildman–Crippen MR) is 120 cm³/mol. The van der Waals surface area contributed by atoms with Crippen molar-refractivity contribution in [2.45, 2.75) is 32.2 Å². The highest BCUT2D eigenvalue weighted by molar-refractivity contribution is 6.08. The van der Waals surface area contributed by atoms with E-state index in [0.29, 0.717) is 18.5 Å². The molecule has 4 rings (SSSR count). The highest BCUT2D eigenvalue weighted by Gasteiger charge is 2.25. The first-order chi connectivity index (χ1) is 14.5. The molecule has 0 spiro atoms. The summed E-state index contributed by atoms with van der Waals surface area (Å²) < 4.78 is 3.21. The van der Waals surface area contributed by atoms with Gasteiger partial charge in [0, 0.05) is 24.4 Å². The Bertz CT molecular complexity index is 1260. The first kappa shape index (κ1) is 19.9. The fourth-order valence-electron chi connectivity index (χ4n) is 4.07. The van der Waals surface area contributed by atoms with E-state index in [1.54, 1.807) is 13.2 Å². The van der Waals surface area contributed by atoms with E-state index in [1.165, 1.54) is 10.2 Å². The highest BCUT2D eigenvalue weighted by Crippen LogP contribution is 2.30. The Labute approximate surface area is 175 Å². The van der Waals surface area contributed by atoms with Crippen molar-refractivity contribution in [3.05, 3.63) is 76.7 Å². The van der Waals surface area contributed by atoms with Gasteiger partial charge in [-0.25, -0.2) is 4.68 Å². The minimum Gasteiger partial charge on any atom is -0.354 e. The second-order valence-electron chi connectivity index (χ2n) is 7.70. The number of carbonyl (C=O) groups excluding carboxylic acids is 1. The van der Waals surface area contributed by atoms with Crippen molar-refractivity contribution in [2.24, 2.45) is 7.05 Å². The third-order valence-electron chi connectivity index (χ3n) is 5.76. The average Bonchev–Trinajstić information content (AvgIpc) is 3.11. The molecule has 30 heavy (non-hydrogen) atoms. The van der Waals surface area contributed by atoms with E-state index in [9.17, 15) is 9.59 Å². The fraction of sp³-hybridized carbons (Fsp3) is 0.292. The van der Waals surface area contributed by atoms with Crippen LogP contribution >= 0.6 is 0 Å². The molecule has 0 aliphatic rings. The monoisotopic (exact) mass is 402 g/mol. The summed E-state index contributed by atoms with van der Waals surface area (Å²) in [6.07, 6.45) is 2.28. The normalized spacial score (nSPS) is 13.4. The molecule has 2 unspecified atom stereocenters. The van der Waals surface area contributed by atoms with Crippen LogP contribution in [0.25, 0.3) is 21.8 Å². The molecule has 0 aliphatic carbocycles. The van der Waals surface area contributed by atoms with Gasteiger partial charge in [-0.2, -0.15) is 5.10 Å². The van der Waals surface area contributed by atoms with Crippen LogP contribution in [-0.2, 0) is 11.8 Å². The Morgan fingerprint density at radius 3 is 2.50 bits per heavy atom. The van der Waals surface area contributed by atoms with Gasteiger partial charge in [-0.05, 0) is 24.0 Å². The lowest BCUT2D eigenvalue weighted by Crippen LogP contribution is -2.35. The molecule has 154 valence electrons. The number of nitrogens with one attached hydrogen (secondary N) is 1. The minimum atomic E-state index is -0.481. The summed E-state index contributed by atoms with van der Waals surface area (Å²) in [6.45, 7) is 4.60. The molecule has 2 aromatic carbocycles. The van der Waals surface area contributed by atoms with Crippen molar-refractivity contribution in [3.63, 3.8) is 0 Å². The van der Waals surface area contributed by atoms with Gasteiger partial charge in [0.15, 0.2) is 0 Å². The van der Waals surface area contributed by atoms with E-state index >= 15 is 0 Å². The van der Waals surface area contributed by atoms with E-state index in [1.807, 2.05) is 54.0 Å². The zero-order valence-corrected chi connectivity index (χ0v) is 17.5. The van der Waals surface area contributed by atoms with E-state index < -0.39 is 6.04 Å². The Balaban J connectivity index is 1.73. The summed E-state index contributed by atoms with van der Waals surface area (Å²) in [5.74, 6) is 0.115. The lowest BCUT2D eigenvalue weighted by atomic mass is 10.0. The second kappa shape index (κ2) is 8.14. The van der Waals surface area contributed by atoms with Crippen LogP contribution in [0.1, 0.15) is 37.8 Å². The summed E-state index contributed by atoms with van der Waals surface area (Å²) >= 11 is 0. The Morgan fingerprint density at radius 1 is 1.07 bits per heavy atom. The number of hydrogen-bond donors (Lipinski definition) is 1. The first-order valence-corrected chi connectivity index (χ1v) is 10.3. The quantitative estimate of drug-likeness (QED) is 0.534. The van der Waals surface area contributed by atoms with Crippen LogP contribution < -0.4 is 10.9 Å². The number of amides is 1. The van der Waals surface area contributed by atoms with Gasteiger partial charge in [0.05, 0.1) is 11.7 Å². The molecule has 6 heteroatoms. The third kappa shape index (κ3) is 3.38. The summed E-state index contributed by atoms with van der Waals surface area (Å²) in [7, 11) is 1.63. The SMILES string of the molecule is CCC(C(=O)NCC(C)c1ccccc1)n1c2ccccc2c2cnn(C)c(=O)c21. The number of fused-ring (bicyclic) bond motifs is 3. The second-order valence-corrected chi connectivity index (χ2v) is 7.70. The number of benzene rings is 2. The standard InChI is InChI=1S/C24H26N4O2/c1-4-20(23(29)25-14-16(2)17-10-6-5-7-11-17)28-21-13-9-8-12-18(21)19-15-26-27(3)24(30)22(19)28/h5-13,15-16,20H,4,14H2,1-3H3,(H,25,29). The van der Waals surface area contributed by atoms with Gasteiger partial charge >= 0.3 is 0 Å². The summed E-state index contributed by atoms with van der Waals surface area (Å²) in [6, 6.07) is 17.4. The van der Waals surface area contributed by atoms with Crippen LogP contribution in [0, 0.1) is 0 Å². The van der Waals surface area contributed by atoms with Crippen LogP contribution in [0.5, 0.6) is 0 Å². The van der Waals surface area contributed by atoms with E-state index in [-0.39, 0.29) is 17.4 Å². The van der Waals surface area contributed by atoms with Crippen molar-refractivity contribution in [3.8, 4) is 0 Å². The van der Waals surface area contributed by atoms with Gasteiger partial charge in [0.2, 0.25) is 5.91 Å². The molecule has 0 fully saturated rings. The maximum atomic E-state index is 13.2. The van der Waals surface area contributed by atoms with Crippen LogP contribution in [0.4, 0.5) is 0 Å². The van der Waals surface area contributed by atoms with E-state index in [2.05, 4.69) is 29.5 Å². The maximum absolute atomic E-state index is 13.2. The average molecular weight is 402 g/mol. The summed E-state index contributed by atoms with van der Waals surface area (Å²) in [5, 5.41) is 8.99. The van der Waals surface area contributed by atoms with E-state index in [4.69, 9.17) is 0 Å². The van der Waals surface area contributed by atoms with Crippen LogP contribution in [0.3, 0.4) is 0 Å². The number of aromatic nitrogens is 3. The lowest BCUT2D eigenvalue weighted by Gasteiger charge is -2.21. The summed E-state index contributed by atoms with van der Waals surface area (Å²) in [4.78, 5) is 26.2. The number of rotatable bonds is 6. The van der Waals surface area contributed by atoms with Crippen molar-refractivity contribution >= 4 is 27.7 Å². The van der Waals surface area contributed by atoms with Crippen molar-refractivity contribution < 1.29 is 4.79 Å². The van der Waals surface area contributed by atoms with Crippen LogP contribution in [-0.4, -0.2) is 26.8 Å². The molecule has 4 aromatic rings. The Hall–Kier alpha value is -3.41. The number of hydrogen-bond acceptors (Lipinski definition) is 3. The molecular weight excluding hydrogens is 376 g/mol. The topological polar surface area (TPSA) is 68.9 Å². The summed E-state index contributed by atoms with van der Waals surface area (Å²) in [5.41, 5.74) is 2.37. The van der Waals surface area contributed by atoms with Gasteiger partial charge in [-0.3, -0.25) is 9.59 Å². The zero-order valence-electron chi connectivity index (χ0n) is 17.5. The first-order valence-electron chi connectivity index (χ1n) is 10.3. The molecule has 2 aromatic heterocycles. The smallest absolute Gasteiger partial charge is 0.291 e. The molecule has 1 amide bonds. The fourth-order valence-corrected chi connectivity index (χ4v) is 4.07. The molecule has 0 bridgehead atoms. The van der Waals surface area contributed by atoms with Crippen LogP contribution in [0.15, 0.2) is 65.6 Å². The van der Waals surface area contributed by atoms with Gasteiger partial charge in [0.25, 0.3) is 5.56 Å². The minimum absolute atomic E-state index is 0.0817. The van der Waals surface area contributed by atoms with Gasteiger partial charge in [-0.1, -0.05) is 62.4 Å². The van der Waals surface area contributed by atoms with Crippen molar-refractivity contribution in [1.29, 1.82) is 0 Å². The molecular formula is C24H26N4O2. The van der Waals surface area contributed by atoms with Crippen molar-refractivity contribution in [2.75, 3.05) is 6.54 Å².